The summed E-state index contributed by atoms with van der Waals surface area (Å²) in [6, 6.07) is 21.1. The van der Waals surface area contributed by atoms with E-state index in [9.17, 15) is 23.3 Å². The third kappa shape index (κ3) is 4.07. The highest BCUT2D eigenvalue weighted by Crippen LogP contribution is 2.46. The van der Waals surface area contributed by atoms with Crippen LogP contribution < -0.4 is 9.47 Å². The number of halogens is 3. The van der Waals surface area contributed by atoms with Gasteiger partial charge in [-0.15, -0.1) is 13.2 Å². The lowest BCUT2D eigenvalue weighted by Gasteiger charge is -2.37. The van der Waals surface area contributed by atoms with Gasteiger partial charge in [-0.2, -0.15) is 0 Å². The molecule has 0 spiro atoms. The zero-order chi connectivity index (χ0) is 24.8. The Morgan fingerprint density at radius 1 is 0.943 bits per heavy atom. The first kappa shape index (κ1) is 22.5. The average Bonchev–Trinajstić information content (AvgIpc) is 2.83. The zero-order valence-electron chi connectivity index (χ0n) is 18.4. The molecule has 1 unspecified atom stereocenters. The molecule has 0 aliphatic carbocycles. The number of benzene rings is 4. The molecule has 1 aliphatic rings. The second-order valence-electron chi connectivity index (χ2n) is 8.21. The number of aryl methyl sites for hydroxylation is 1. The number of nitro benzene ring substituents is 1. The molecule has 5 nitrogen and oxygen atoms in total. The van der Waals surface area contributed by atoms with Crippen molar-refractivity contribution in [3.05, 3.63) is 117 Å². The van der Waals surface area contributed by atoms with Gasteiger partial charge < -0.3 is 9.47 Å². The van der Waals surface area contributed by atoms with Crippen LogP contribution in [0.2, 0.25) is 0 Å². The number of hydrogen-bond acceptors (Lipinski definition) is 4. The molecule has 0 amide bonds. The first-order valence-corrected chi connectivity index (χ1v) is 10.7. The van der Waals surface area contributed by atoms with Crippen molar-refractivity contribution < 1.29 is 27.6 Å². The third-order valence-electron chi connectivity index (χ3n) is 6.00. The van der Waals surface area contributed by atoms with Gasteiger partial charge in [-0.1, -0.05) is 60.7 Å². The van der Waals surface area contributed by atoms with Crippen LogP contribution in [0.1, 0.15) is 22.3 Å². The van der Waals surface area contributed by atoms with Gasteiger partial charge in [0, 0.05) is 34.2 Å². The van der Waals surface area contributed by atoms with Crippen molar-refractivity contribution in [1.82, 2.24) is 0 Å². The summed E-state index contributed by atoms with van der Waals surface area (Å²) in [6.45, 7) is 1.96. The van der Waals surface area contributed by atoms with E-state index in [0.29, 0.717) is 16.9 Å². The maximum absolute atomic E-state index is 12.7. The fraction of sp³-hybridized carbons (Fsp3) is 0.111. The summed E-state index contributed by atoms with van der Waals surface area (Å²) in [5, 5.41) is 13.3. The van der Waals surface area contributed by atoms with Crippen LogP contribution in [-0.2, 0) is 5.60 Å². The number of nitro groups is 1. The number of fused-ring (bicyclic) bond motifs is 3. The van der Waals surface area contributed by atoms with Crippen molar-refractivity contribution >= 4 is 22.5 Å². The van der Waals surface area contributed by atoms with Crippen LogP contribution in [0.3, 0.4) is 0 Å². The van der Waals surface area contributed by atoms with E-state index in [1.54, 1.807) is 18.2 Å². The SMILES string of the molecule is Cc1cc2ccccc2c2c1C=CC(c1ccc(OC(F)(F)F)cc1)(c1cccc([N+](=O)[O-])c1)O2. The summed E-state index contributed by atoms with van der Waals surface area (Å²) in [4.78, 5) is 11.0. The molecule has 5 rings (SSSR count). The van der Waals surface area contributed by atoms with Gasteiger partial charge in [-0.25, -0.2) is 0 Å². The molecule has 176 valence electrons. The van der Waals surface area contributed by atoms with Crippen molar-refractivity contribution in [2.45, 2.75) is 18.9 Å². The van der Waals surface area contributed by atoms with E-state index in [4.69, 9.17) is 4.74 Å². The average molecular weight is 477 g/mol. The maximum Gasteiger partial charge on any atom is 0.573 e. The Balaban J connectivity index is 1.72. The Morgan fingerprint density at radius 3 is 2.40 bits per heavy atom. The minimum Gasteiger partial charge on any atom is -0.472 e. The highest BCUT2D eigenvalue weighted by Gasteiger charge is 2.39. The van der Waals surface area contributed by atoms with Gasteiger partial charge in [0.1, 0.15) is 11.5 Å². The lowest BCUT2D eigenvalue weighted by Crippen LogP contribution is -2.34. The molecule has 1 aliphatic heterocycles. The second kappa shape index (κ2) is 8.16. The lowest BCUT2D eigenvalue weighted by molar-refractivity contribution is -0.385. The molecule has 0 fully saturated rings. The first-order chi connectivity index (χ1) is 16.7. The van der Waals surface area contributed by atoms with Gasteiger partial charge >= 0.3 is 6.36 Å². The molecule has 4 aromatic rings. The van der Waals surface area contributed by atoms with Gasteiger partial charge in [0.25, 0.3) is 5.69 Å². The predicted octanol–water partition coefficient (Wildman–Crippen LogP) is 7.30. The van der Waals surface area contributed by atoms with Crippen molar-refractivity contribution in [2.75, 3.05) is 0 Å². The van der Waals surface area contributed by atoms with E-state index >= 15 is 0 Å². The van der Waals surface area contributed by atoms with E-state index in [-0.39, 0.29) is 11.4 Å². The Bertz CT molecular complexity index is 1480. The Morgan fingerprint density at radius 2 is 1.69 bits per heavy atom. The van der Waals surface area contributed by atoms with E-state index < -0.39 is 16.9 Å². The van der Waals surface area contributed by atoms with Gasteiger partial charge in [0.2, 0.25) is 0 Å². The second-order valence-corrected chi connectivity index (χ2v) is 8.21. The Kier molecular flexibility index (Phi) is 5.24. The number of rotatable bonds is 4. The lowest BCUT2D eigenvalue weighted by atomic mass is 9.82. The van der Waals surface area contributed by atoms with Crippen LogP contribution >= 0.6 is 0 Å². The molecule has 0 saturated carbocycles. The topological polar surface area (TPSA) is 61.6 Å². The molecule has 0 radical (unpaired) electrons. The van der Waals surface area contributed by atoms with Crippen molar-refractivity contribution in [3.63, 3.8) is 0 Å². The standard InChI is InChI=1S/C27H18F3NO4/c1-17-15-18-5-2-3-8-24(18)25-23(17)13-14-26(35-25,20-6-4-7-21(16-20)31(32)33)19-9-11-22(12-10-19)34-27(28,29)30/h2-16H,1H3. The Labute approximate surface area is 198 Å². The maximum atomic E-state index is 12.7. The molecule has 4 aromatic carbocycles. The highest BCUT2D eigenvalue weighted by molar-refractivity contribution is 5.94. The summed E-state index contributed by atoms with van der Waals surface area (Å²) in [5.74, 6) is 0.210. The van der Waals surface area contributed by atoms with Crippen molar-refractivity contribution in [3.8, 4) is 11.5 Å². The van der Waals surface area contributed by atoms with Crippen LogP contribution in [-0.4, -0.2) is 11.3 Å². The van der Waals surface area contributed by atoms with Crippen molar-refractivity contribution in [1.29, 1.82) is 0 Å². The van der Waals surface area contributed by atoms with Crippen LogP contribution in [0.4, 0.5) is 18.9 Å². The van der Waals surface area contributed by atoms with Crippen LogP contribution in [0.25, 0.3) is 16.8 Å². The summed E-state index contributed by atoms with van der Waals surface area (Å²) >= 11 is 0. The van der Waals surface area contributed by atoms with E-state index in [1.165, 1.54) is 36.4 Å². The molecule has 0 saturated heterocycles. The van der Waals surface area contributed by atoms with Gasteiger partial charge in [0.05, 0.1) is 4.92 Å². The number of non-ortho nitro benzene ring substituents is 1. The third-order valence-corrected chi connectivity index (χ3v) is 6.00. The molecule has 1 atom stereocenters. The molecule has 0 N–H and O–H groups in total. The molecule has 35 heavy (non-hydrogen) atoms. The Hall–Kier alpha value is -4.33. The van der Waals surface area contributed by atoms with Gasteiger partial charge in [0.15, 0.2) is 5.60 Å². The number of ether oxygens (including phenoxy) is 2. The van der Waals surface area contributed by atoms with E-state index in [2.05, 4.69) is 4.74 Å². The fourth-order valence-corrected chi connectivity index (χ4v) is 4.41. The van der Waals surface area contributed by atoms with Gasteiger partial charge in [-0.05, 0) is 36.1 Å². The summed E-state index contributed by atoms with van der Waals surface area (Å²) in [7, 11) is 0. The fourth-order valence-electron chi connectivity index (χ4n) is 4.41. The zero-order valence-corrected chi connectivity index (χ0v) is 18.4. The number of nitrogens with zero attached hydrogens (tertiary/aromatic N) is 1. The quantitative estimate of drug-likeness (QED) is 0.229. The van der Waals surface area contributed by atoms with Gasteiger partial charge in [-0.3, -0.25) is 10.1 Å². The molecule has 8 heteroatoms. The normalized spacial score (nSPS) is 17.0. The smallest absolute Gasteiger partial charge is 0.472 e. The first-order valence-electron chi connectivity index (χ1n) is 10.7. The molecule has 0 aromatic heterocycles. The molecular formula is C27H18F3NO4. The molecule has 1 heterocycles. The monoisotopic (exact) mass is 477 g/mol. The number of hydrogen-bond donors (Lipinski definition) is 0. The highest BCUT2D eigenvalue weighted by atomic mass is 19.4. The van der Waals surface area contributed by atoms with Crippen LogP contribution in [0.15, 0.2) is 84.9 Å². The van der Waals surface area contributed by atoms with E-state index in [0.717, 1.165) is 21.9 Å². The summed E-state index contributed by atoms with van der Waals surface area (Å²) < 4.78 is 48.8. The van der Waals surface area contributed by atoms with Crippen molar-refractivity contribution in [2.24, 2.45) is 0 Å². The molecular weight excluding hydrogens is 459 g/mol. The van der Waals surface area contributed by atoms with Crippen LogP contribution in [0, 0.1) is 17.0 Å². The van der Waals surface area contributed by atoms with E-state index in [1.807, 2.05) is 43.3 Å². The predicted molar refractivity (Wildman–Crippen MR) is 125 cm³/mol. The number of alkyl halides is 3. The summed E-state index contributed by atoms with van der Waals surface area (Å²) in [5.41, 5.74) is 1.34. The largest absolute Gasteiger partial charge is 0.573 e. The minimum atomic E-state index is -4.82. The minimum absolute atomic E-state index is 0.129. The van der Waals surface area contributed by atoms with Crippen LogP contribution in [0.5, 0.6) is 11.5 Å². The molecule has 0 bridgehead atoms. The summed E-state index contributed by atoms with van der Waals surface area (Å²) in [6.07, 6.45) is -1.16.